The van der Waals surface area contributed by atoms with Crippen LogP contribution in [0.3, 0.4) is 0 Å². The van der Waals surface area contributed by atoms with Crippen molar-refractivity contribution in [3.63, 3.8) is 0 Å². The molecular formula is C17H13ClF4O3S. The van der Waals surface area contributed by atoms with Crippen LogP contribution in [0, 0.1) is 30.2 Å². The zero-order valence-electron chi connectivity index (χ0n) is 13.9. The predicted octanol–water partition coefficient (Wildman–Crippen LogP) is 4.60. The fourth-order valence-corrected chi connectivity index (χ4v) is 3.97. The monoisotopic (exact) mass is 408 g/mol. The molecule has 140 valence electrons. The Labute approximate surface area is 156 Å². The highest BCUT2D eigenvalue weighted by Gasteiger charge is 2.48. The van der Waals surface area contributed by atoms with Crippen molar-refractivity contribution in [3.8, 4) is 0 Å². The Bertz CT molecular complexity index is 813. The SMILES string of the molecule is CC1=CC(=O)C=C(C)C1(Sc1c(F)c(F)c(C)c(F)c1F)C(=O)OCCl. The van der Waals surface area contributed by atoms with Crippen molar-refractivity contribution in [1.29, 1.82) is 0 Å². The van der Waals surface area contributed by atoms with Gasteiger partial charge in [-0.2, -0.15) is 0 Å². The molecule has 1 aliphatic carbocycles. The minimum Gasteiger partial charge on any atom is -0.448 e. The van der Waals surface area contributed by atoms with Crippen LogP contribution >= 0.6 is 23.4 Å². The largest absolute Gasteiger partial charge is 0.448 e. The van der Waals surface area contributed by atoms with Crippen molar-refractivity contribution >= 4 is 35.1 Å². The van der Waals surface area contributed by atoms with E-state index in [1.165, 1.54) is 13.8 Å². The van der Waals surface area contributed by atoms with Gasteiger partial charge in [-0.1, -0.05) is 23.4 Å². The number of halogens is 5. The molecular weight excluding hydrogens is 396 g/mol. The van der Waals surface area contributed by atoms with E-state index in [2.05, 4.69) is 0 Å². The topological polar surface area (TPSA) is 43.4 Å². The lowest BCUT2D eigenvalue weighted by Crippen LogP contribution is -2.41. The lowest BCUT2D eigenvalue weighted by atomic mass is 9.86. The number of carbonyl (C=O) groups excluding carboxylic acids is 2. The van der Waals surface area contributed by atoms with Gasteiger partial charge in [-0.25, -0.2) is 22.4 Å². The molecule has 0 aliphatic heterocycles. The minimum atomic E-state index is -1.89. The molecule has 0 radical (unpaired) electrons. The van der Waals surface area contributed by atoms with Gasteiger partial charge in [0.15, 0.2) is 39.9 Å². The molecule has 9 heteroatoms. The predicted molar refractivity (Wildman–Crippen MR) is 88.9 cm³/mol. The van der Waals surface area contributed by atoms with E-state index in [0.29, 0.717) is 0 Å². The normalized spacial score (nSPS) is 16.2. The fourth-order valence-electron chi connectivity index (χ4n) is 2.62. The summed E-state index contributed by atoms with van der Waals surface area (Å²) in [4.78, 5) is 23.2. The summed E-state index contributed by atoms with van der Waals surface area (Å²) in [5.74, 6) is -7.88. The van der Waals surface area contributed by atoms with E-state index < -0.39 is 56.3 Å². The second-order valence-electron chi connectivity index (χ2n) is 5.59. The number of benzene rings is 1. The first-order chi connectivity index (χ1) is 12.1. The van der Waals surface area contributed by atoms with Crippen molar-refractivity contribution in [2.45, 2.75) is 30.4 Å². The number of alkyl halides is 1. The molecule has 0 atom stereocenters. The van der Waals surface area contributed by atoms with Crippen molar-refractivity contribution in [2.75, 3.05) is 6.07 Å². The molecule has 0 aromatic heterocycles. The minimum absolute atomic E-state index is 0.0859. The van der Waals surface area contributed by atoms with Crippen molar-refractivity contribution in [3.05, 3.63) is 52.1 Å². The standard InChI is InChI=1S/C17H13ClF4O3S/c1-7-4-10(23)5-8(2)17(7,16(24)25-6-18)26-15-13(21)11(19)9(3)12(20)14(15)22/h4-5H,6H2,1-3H3. The molecule has 26 heavy (non-hydrogen) atoms. The second kappa shape index (κ2) is 7.44. The molecule has 0 N–H and O–H groups in total. The van der Waals surface area contributed by atoms with Crippen molar-refractivity contribution < 1.29 is 31.9 Å². The molecule has 0 fully saturated rings. The molecule has 1 aromatic rings. The summed E-state index contributed by atoms with van der Waals surface area (Å²) in [6, 6.07) is -0.558. The molecule has 2 rings (SSSR count). The Hall–Kier alpha value is -1.80. The summed E-state index contributed by atoms with van der Waals surface area (Å²) in [6.45, 7) is 3.62. The van der Waals surface area contributed by atoms with Gasteiger partial charge in [0.1, 0.15) is 0 Å². The smallest absolute Gasteiger partial charge is 0.332 e. The summed E-state index contributed by atoms with van der Waals surface area (Å²) in [7, 11) is 0. The number of ether oxygens (including phenoxy) is 1. The van der Waals surface area contributed by atoms with E-state index in [-0.39, 0.29) is 22.9 Å². The van der Waals surface area contributed by atoms with Crippen LogP contribution in [0.25, 0.3) is 0 Å². The third kappa shape index (κ3) is 3.16. The Kier molecular flexibility index (Phi) is 5.87. The number of ketones is 1. The highest BCUT2D eigenvalue weighted by atomic mass is 35.5. The first-order valence-corrected chi connectivity index (χ1v) is 8.59. The molecule has 0 amide bonds. The molecule has 3 nitrogen and oxygen atoms in total. The Morgan fingerprint density at radius 3 is 1.92 bits per heavy atom. The van der Waals surface area contributed by atoms with E-state index in [0.717, 1.165) is 19.1 Å². The van der Waals surface area contributed by atoms with Crippen LogP contribution in [0.2, 0.25) is 0 Å². The van der Waals surface area contributed by atoms with Gasteiger partial charge in [-0.3, -0.25) is 4.79 Å². The van der Waals surface area contributed by atoms with Gasteiger partial charge >= 0.3 is 5.97 Å². The van der Waals surface area contributed by atoms with Gasteiger partial charge in [-0.15, -0.1) is 0 Å². The van der Waals surface area contributed by atoms with Crippen LogP contribution in [-0.4, -0.2) is 22.6 Å². The van der Waals surface area contributed by atoms with Gasteiger partial charge in [0.2, 0.25) is 0 Å². The number of esters is 1. The zero-order valence-corrected chi connectivity index (χ0v) is 15.5. The Morgan fingerprint density at radius 2 is 1.50 bits per heavy atom. The first kappa shape index (κ1) is 20.5. The number of allylic oxidation sites excluding steroid dienone is 2. The van der Waals surface area contributed by atoms with Crippen LogP contribution in [0.1, 0.15) is 19.4 Å². The van der Waals surface area contributed by atoms with Gasteiger partial charge in [0.05, 0.1) is 4.90 Å². The average molecular weight is 409 g/mol. The summed E-state index contributed by atoms with van der Waals surface area (Å²) < 4.78 is 59.3. The van der Waals surface area contributed by atoms with E-state index in [1.54, 1.807) is 0 Å². The number of hydrogen-bond acceptors (Lipinski definition) is 4. The summed E-state index contributed by atoms with van der Waals surface area (Å²) in [5, 5.41) is 0. The highest BCUT2D eigenvalue weighted by molar-refractivity contribution is 8.02. The molecule has 0 bridgehead atoms. The molecule has 1 aliphatic rings. The first-order valence-electron chi connectivity index (χ1n) is 7.24. The van der Waals surface area contributed by atoms with Crippen LogP contribution in [-0.2, 0) is 14.3 Å². The molecule has 0 saturated heterocycles. The van der Waals surface area contributed by atoms with E-state index in [4.69, 9.17) is 16.3 Å². The maximum atomic E-state index is 14.3. The lowest BCUT2D eigenvalue weighted by Gasteiger charge is -2.34. The maximum absolute atomic E-state index is 14.3. The number of rotatable bonds is 4. The van der Waals surface area contributed by atoms with Crippen LogP contribution in [0.5, 0.6) is 0 Å². The van der Waals surface area contributed by atoms with Crippen LogP contribution in [0.15, 0.2) is 28.2 Å². The third-order valence-electron chi connectivity index (χ3n) is 4.00. The molecule has 0 spiro atoms. The molecule has 0 heterocycles. The number of thioether (sulfide) groups is 1. The number of carbonyl (C=O) groups is 2. The second-order valence-corrected chi connectivity index (χ2v) is 7.03. The van der Waals surface area contributed by atoms with Crippen molar-refractivity contribution in [2.24, 2.45) is 0 Å². The average Bonchev–Trinajstić information content (AvgIpc) is 2.57. The van der Waals surface area contributed by atoms with E-state index in [1.807, 2.05) is 0 Å². The van der Waals surface area contributed by atoms with Crippen molar-refractivity contribution in [1.82, 2.24) is 0 Å². The summed E-state index contributed by atoms with van der Waals surface area (Å²) >= 11 is 5.63. The summed E-state index contributed by atoms with van der Waals surface area (Å²) in [6.07, 6.45) is 2.15. The lowest BCUT2D eigenvalue weighted by molar-refractivity contribution is -0.142. The van der Waals surface area contributed by atoms with E-state index >= 15 is 0 Å². The third-order valence-corrected chi connectivity index (χ3v) is 5.79. The van der Waals surface area contributed by atoms with Gasteiger partial charge in [-0.05, 0) is 44.1 Å². The Morgan fingerprint density at radius 1 is 1.04 bits per heavy atom. The maximum Gasteiger partial charge on any atom is 0.332 e. The Balaban J connectivity index is 2.73. The van der Waals surface area contributed by atoms with Crippen LogP contribution < -0.4 is 0 Å². The summed E-state index contributed by atoms with van der Waals surface area (Å²) in [5.41, 5.74) is -0.647. The van der Waals surface area contributed by atoms with Gasteiger partial charge in [0.25, 0.3) is 0 Å². The highest BCUT2D eigenvalue weighted by Crippen LogP contribution is 2.48. The zero-order chi connectivity index (χ0) is 19.8. The van der Waals surface area contributed by atoms with E-state index in [9.17, 15) is 27.2 Å². The van der Waals surface area contributed by atoms with Gasteiger partial charge in [0, 0.05) is 5.56 Å². The quantitative estimate of drug-likeness (QED) is 0.316. The fraction of sp³-hybridized carbons (Fsp3) is 0.294. The molecule has 1 aromatic carbocycles. The van der Waals surface area contributed by atoms with Gasteiger partial charge < -0.3 is 4.74 Å². The molecule has 0 saturated carbocycles. The molecule has 0 unspecified atom stereocenters. The van der Waals surface area contributed by atoms with Crippen LogP contribution in [0.4, 0.5) is 17.6 Å². The number of hydrogen-bond donors (Lipinski definition) is 0.